The Bertz CT molecular complexity index is 1430. The quantitative estimate of drug-likeness (QED) is 0.273. The number of hydrazine groups is 1. The number of rotatable bonds is 9. The van der Waals surface area contributed by atoms with E-state index in [1.165, 1.54) is 7.11 Å². The highest BCUT2D eigenvalue weighted by molar-refractivity contribution is 6.32. The average Bonchev–Trinajstić information content (AvgIpc) is 3.56. The summed E-state index contributed by atoms with van der Waals surface area (Å²) in [5.41, 5.74) is 0.0404. The van der Waals surface area contributed by atoms with E-state index in [1.54, 1.807) is 23.9 Å². The lowest BCUT2D eigenvalue weighted by atomic mass is 9.89. The van der Waals surface area contributed by atoms with E-state index >= 15 is 0 Å². The van der Waals surface area contributed by atoms with Crippen LogP contribution in [0.2, 0.25) is 5.15 Å². The Morgan fingerprint density at radius 2 is 1.64 bits per heavy atom. The fourth-order valence-corrected chi connectivity index (χ4v) is 5.88. The van der Waals surface area contributed by atoms with Gasteiger partial charge in [0.15, 0.2) is 23.5 Å². The summed E-state index contributed by atoms with van der Waals surface area (Å²) in [5, 5.41) is 19.1. The molecular formula is C24H30ClN7O10. The first kappa shape index (κ1) is 30.8. The molecule has 228 valence electrons. The Labute approximate surface area is 244 Å². The van der Waals surface area contributed by atoms with E-state index in [9.17, 15) is 24.0 Å². The molecule has 18 heteroatoms. The lowest BCUT2D eigenvalue weighted by molar-refractivity contribution is -0.195. The van der Waals surface area contributed by atoms with Crippen molar-refractivity contribution in [2.45, 2.75) is 83.9 Å². The zero-order chi connectivity index (χ0) is 31.1. The third kappa shape index (κ3) is 5.53. The van der Waals surface area contributed by atoms with E-state index in [1.807, 2.05) is 0 Å². The minimum Gasteiger partial charge on any atom is -0.467 e. The Hall–Kier alpha value is -4.12. The predicted octanol–water partition coefficient (Wildman–Crippen LogP) is 0.117. The number of nitrogens with zero attached hydrogens (tertiary/aromatic N) is 7. The van der Waals surface area contributed by atoms with Gasteiger partial charge in [0.2, 0.25) is 5.65 Å². The largest absolute Gasteiger partial charge is 0.467 e. The highest BCUT2D eigenvalue weighted by Crippen LogP contribution is 2.54. The lowest BCUT2D eigenvalue weighted by Crippen LogP contribution is -2.59. The molecule has 5 atom stereocenters. The monoisotopic (exact) mass is 611 g/mol. The molecule has 0 amide bonds. The van der Waals surface area contributed by atoms with Crippen molar-refractivity contribution in [2.75, 3.05) is 18.7 Å². The fourth-order valence-electron chi connectivity index (χ4n) is 5.63. The number of esters is 5. The van der Waals surface area contributed by atoms with Gasteiger partial charge < -0.3 is 23.7 Å². The van der Waals surface area contributed by atoms with Crippen LogP contribution in [-0.2, 0) is 53.2 Å². The molecule has 0 aromatic carbocycles. The second-order valence-corrected chi connectivity index (χ2v) is 10.6. The second kappa shape index (κ2) is 11.6. The molecule has 2 aromatic rings. The highest BCUT2D eigenvalue weighted by Gasteiger charge is 2.62. The highest BCUT2D eigenvalue weighted by atomic mass is 35.5. The molecule has 42 heavy (non-hydrogen) atoms. The summed E-state index contributed by atoms with van der Waals surface area (Å²) in [6, 6.07) is -1.96. The number of fused-ring (bicyclic) bond motifs is 5. The van der Waals surface area contributed by atoms with Crippen LogP contribution in [0.4, 0.5) is 5.69 Å². The maximum atomic E-state index is 13.2. The van der Waals surface area contributed by atoms with Crippen molar-refractivity contribution in [3.8, 4) is 0 Å². The Morgan fingerprint density at radius 3 is 2.21 bits per heavy atom. The topological polar surface area (TPSA) is 194 Å². The Kier molecular flexibility index (Phi) is 8.54. The van der Waals surface area contributed by atoms with Crippen LogP contribution in [0, 0.1) is 0 Å². The molecule has 0 bridgehead atoms. The van der Waals surface area contributed by atoms with Crippen molar-refractivity contribution in [3.63, 3.8) is 0 Å². The van der Waals surface area contributed by atoms with Crippen molar-refractivity contribution in [2.24, 2.45) is 0 Å². The normalized spacial score (nSPS) is 21.1. The molecule has 2 aliphatic rings. The average molecular weight is 612 g/mol. The summed E-state index contributed by atoms with van der Waals surface area (Å²) in [7, 11) is 1.22. The van der Waals surface area contributed by atoms with Crippen LogP contribution in [-0.4, -0.2) is 104 Å². The van der Waals surface area contributed by atoms with Crippen molar-refractivity contribution >= 4 is 52.8 Å². The number of hydrogen-bond acceptors (Lipinski definition) is 16. The van der Waals surface area contributed by atoms with Crippen LogP contribution >= 0.6 is 11.6 Å². The van der Waals surface area contributed by atoms with Crippen LogP contribution in [0.5, 0.6) is 0 Å². The first-order valence-electron chi connectivity index (χ1n) is 12.8. The molecule has 1 saturated heterocycles. The number of carbonyl (C=O) groups excluding carboxylic acids is 5. The molecule has 0 aliphatic carbocycles. The first-order valence-corrected chi connectivity index (χ1v) is 13.2. The minimum atomic E-state index is -1.49. The molecular weight excluding hydrogens is 582 g/mol. The molecule has 0 radical (unpaired) electrons. The Morgan fingerprint density at radius 1 is 1.00 bits per heavy atom. The number of carbonyl (C=O) groups is 5. The third-order valence-corrected chi connectivity index (χ3v) is 7.18. The number of hydrogen-bond donors (Lipinski definition) is 0. The molecule has 0 saturated carbocycles. The minimum absolute atomic E-state index is 0.0249. The summed E-state index contributed by atoms with van der Waals surface area (Å²) in [6.07, 6.45) is -4.29. The van der Waals surface area contributed by atoms with Gasteiger partial charge in [-0.2, -0.15) is 0 Å². The van der Waals surface area contributed by atoms with Crippen molar-refractivity contribution < 1.29 is 47.7 Å². The van der Waals surface area contributed by atoms with Crippen LogP contribution in [0.3, 0.4) is 0 Å². The van der Waals surface area contributed by atoms with Gasteiger partial charge in [0, 0.05) is 34.1 Å². The van der Waals surface area contributed by atoms with Crippen LogP contribution in [0.1, 0.15) is 53.5 Å². The zero-order valence-electron chi connectivity index (χ0n) is 23.9. The maximum Gasteiger partial charge on any atom is 0.330 e. The summed E-state index contributed by atoms with van der Waals surface area (Å²) in [6.45, 7) is 7.60. The standard InChI is InChI=1S/C24H30ClN7O10/c1-10(33)39-9-16(40-11(2)34)20(42-13(4)36)19(41-12(3)35)14-8-15(23(37)38-7)30-18-17(24(5,6)31(14)30)22-26-28-29-32(22)27-21(18)25/h14-16,19-20H,8-9H2,1-7H3/t14-,15-,16-,19-,20-/m0/s1. The molecule has 1 fully saturated rings. The lowest BCUT2D eigenvalue weighted by Gasteiger charge is -2.42. The number of tetrazole rings is 1. The van der Waals surface area contributed by atoms with E-state index < -0.39 is 72.4 Å². The van der Waals surface area contributed by atoms with Crippen molar-refractivity contribution in [1.29, 1.82) is 0 Å². The van der Waals surface area contributed by atoms with Gasteiger partial charge in [0.1, 0.15) is 18.3 Å². The first-order chi connectivity index (χ1) is 19.7. The Balaban J connectivity index is 1.91. The zero-order valence-corrected chi connectivity index (χ0v) is 24.6. The van der Waals surface area contributed by atoms with Crippen LogP contribution < -0.4 is 5.01 Å². The number of halogens is 1. The van der Waals surface area contributed by atoms with Crippen LogP contribution in [0.15, 0.2) is 0 Å². The van der Waals surface area contributed by atoms with Crippen molar-refractivity contribution in [1.82, 2.24) is 30.3 Å². The molecule has 0 N–H and O–H groups in total. The molecule has 2 aromatic heterocycles. The van der Waals surface area contributed by atoms with E-state index in [-0.39, 0.29) is 17.2 Å². The van der Waals surface area contributed by atoms with Gasteiger partial charge >= 0.3 is 29.8 Å². The molecule has 2 aliphatic heterocycles. The molecule has 4 heterocycles. The van der Waals surface area contributed by atoms with E-state index in [0.717, 1.165) is 32.3 Å². The number of anilines is 1. The number of methoxy groups -OCH3 is 1. The smallest absolute Gasteiger partial charge is 0.330 e. The fraction of sp³-hybridized carbons (Fsp3) is 0.625. The summed E-state index contributed by atoms with van der Waals surface area (Å²) < 4.78 is 28.1. The van der Waals surface area contributed by atoms with Gasteiger partial charge in [-0.15, -0.1) is 14.8 Å². The number of aromatic nitrogens is 5. The van der Waals surface area contributed by atoms with Crippen LogP contribution in [0.25, 0.3) is 5.65 Å². The second-order valence-electron chi connectivity index (χ2n) is 10.2. The molecule has 0 unspecified atom stereocenters. The van der Waals surface area contributed by atoms with E-state index in [2.05, 4.69) is 20.6 Å². The molecule has 4 rings (SSSR count). The van der Waals surface area contributed by atoms with Gasteiger partial charge in [-0.3, -0.25) is 24.2 Å². The van der Waals surface area contributed by atoms with Crippen molar-refractivity contribution in [3.05, 3.63) is 10.7 Å². The summed E-state index contributed by atoms with van der Waals surface area (Å²) >= 11 is 6.63. The van der Waals surface area contributed by atoms with E-state index in [4.69, 9.17) is 35.3 Å². The SMILES string of the molecule is COC(=O)[C@@H]1C[C@@H]([C@H](OC(C)=O)[C@@H](OC(C)=O)[C@H](COC(C)=O)OC(C)=O)N2N1c1c(Cl)nn3nnnc3c1C2(C)C. The molecule has 0 spiro atoms. The van der Waals surface area contributed by atoms with Gasteiger partial charge in [-0.25, -0.2) is 9.80 Å². The molecule has 17 nitrogen and oxygen atoms in total. The van der Waals surface area contributed by atoms with Gasteiger partial charge in [-0.1, -0.05) is 11.6 Å². The van der Waals surface area contributed by atoms with Gasteiger partial charge in [0.25, 0.3) is 0 Å². The van der Waals surface area contributed by atoms with Gasteiger partial charge in [0.05, 0.1) is 24.3 Å². The summed E-state index contributed by atoms with van der Waals surface area (Å²) in [5.74, 6) is -3.69. The predicted molar refractivity (Wildman–Crippen MR) is 138 cm³/mol. The number of ether oxygens (including phenoxy) is 5. The third-order valence-electron chi connectivity index (χ3n) is 6.93. The maximum absolute atomic E-state index is 13.2. The van der Waals surface area contributed by atoms with E-state index in [0.29, 0.717) is 11.3 Å². The summed E-state index contributed by atoms with van der Waals surface area (Å²) in [4.78, 5) is 61.8. The van der Waals surface area contributed by atoms with Gasteiger partial charge in [-0.05, 0) is 24.3 Å².